The third-order valence-corrected chi connectivity index (χ3v) is 3.97. The molecule has 0 saturated heterocycles. The maximum Gasteiger partial charge on any atom is 0.254 e. The monoisotopic (exact) mass is 395 g/mol. The van der Waals surface area contributed by atoms with Gasteiger partial charge < -0.3 is 16.0 Å². The minimum atomic E-state index is -0.269. The molecule has 3 rings (SSSR count). The Hall–Kier alpha value is -3.45. The second-order valence-electron chi connectivity index (χ2n) is 5.99. The molecular formula is C20H18ClN5O2. The molecule has 1 heterocycles. The van der Waals surface area contributed by atoms with Crippen LogP contribution in [0.3, 0.4) is 0 Å². The van der Waals surface area contributed by atoms with Gasteiger partial charge in [-0.1, -0.05) is 29.8 Å². The van der Waals surface area contributed by atoms with Crippen molar-refractivity contribution in [3.8, 4) is 0 Å². The van der Waals surface area contributed by atoms with Gasteiger partial charge in [-0.2, -0.15) is 0 Å². The van der Waals surface area contributed by atoms with Crippen LogP contribution in [0.5, 0.6) is 0 Å². The van der Waals surface area contributed by atoms with E-state index in [0.29, 0.717) is 34.5 Å². The SMILES string of the molecule is CC(=O)Nc1cccc(Nc2ncc(C(=O)NCc3ccc(Cl)cc3)cn2)c1. The molecule has 28 heavy (non-hydrogen) atoms. The smallest absolute Gasteiger partial charge is 0.254 e. The van der Waals surface area contributed by atoms with Crippen molar-refractivity contribution in [2.24, 2.45) is 0 Å². The van der Waals surface area contributed by atoms with Crippen molar-refractivity contribution in [1.29, 1.82) is 0 Å². The number of anilines is 3. The Labute approximate surface area is 167 Å². The van der Waals surface area contributed by atoms with Crippen LogP contribution >= 0.6 is 11.6 Å². The molecule has 142 valence electrons. The Bertz CT molecular complexity index is 975. The Balaban J connectivity index is 1.59. The lowest BCUT2D eigenvalue weighted by atomic mass is 10.2. The van der Waals surface area contributed by atoms with Gasteiger partial charge in [-0.05, 0) is 35.9 Å². The Morgan fingerprint density at radius 2 is 1.68 bits per heavy atom. The summed E-state index contributed by atoms with van der Waals surface area (Å²) in [4.78, 5) is 31.7. The summed E-state index contributed by atoms with van der Waals surface area (Å²) in [5.74, 6) is -0.0780. The molecule has 0 spiro atoms. The zero-order valence-corrected chi connectivity index (χ0v) is 15.8. The largest absolute Gasteiger partial charge is 0.348 e. The molecule has 0 fully saturated rings. The van der Waals surface area contributed by atoms with Crippen LogP contribution in [0.15, 0.2) is 60.9 Å². The van der Waals surface area contributed by atoms with E-state index in [1.54, 1.807) is 30.3 Å². The van der Waals surface area contributed by atoms with Crippen molar-refractivity contribution >= 4 is 40.7 Å². The summed E-state index contributed by atoms with van der Waals surface area (Å²) in [7, 11) is 0. The lowest BCUT2D eigenvalue weighted by Crippen LogP contribution is -2.23. The summed E-state index contributed by atoms with van der Waals surface area (Å²) >= 11 is 5.85. The third-order valence-electron chi connectivity index (χ3n) is 3.72. The summed E-state index contributed by atoms with van der Waals surface area (Å²) in [6.07, 6.45) is 2.90. The Morgan fingerprint density at radius 3 is 2.36 bits per heavy atom. The van der Waals surface area contributed by atoms with Crippen molar-refractivity contribution in [1.82, 2.24) is 15.3 Å². The highest BCUT2D eigenvalue weighted by molar-refractivity contribution is 6.30. The van der Waals surface area contributed by atoms with E-state index >= 15 is 0 Å². The van der Waals surface area contributed by atoms with E-state index in [1.165, 1.54) is 19.3 Å². The fraction of sp³-hybridized carbons (Fsp3) is 0.100. The Morgan fingerprint density at radius 1 is 1.00 bits per heavy atom. The van der Waals surface area contributed by atoms with Gasteiger partial charge in [0.25, 0.3) is 5.91 Å². The lowest BCUT2D eigenvalue weighted by molar-refractivity contribution is -0.114. The molecule has 1 aromatic heterocycles. The molecule has 3 aromatic rings. The molecule has 0 unspecified atom stereocenters. The first-order valence-corrected chi connectivity index (χ1v) is 8.87. The van der Waals surface area contributed by atoms with Gasteiger partial charge in [0.05, 0.1) is 5.56 Å². The second kappa shape index (κ2) is 8.96. The number of amides is 2. The Kier molecular flexibility index (Phi) is 6.18. The number of carbonyl (C=O) groups is 2. The molecule has 0 atom stereocenters. The zero-order valence-electron chi connectivity index (χ0n) is 15.1. The van der Waals surface area contributed by atoms with Gasteiger partial charge in [-0.15, -0.1) is 0 Å². The molecular weight excluding hydrogens is 378 g/mol. The van der Waals surface area contributed by atoms with Gasteiger partial charge in [0.2, 0.25) is 11.9 Å². The molecule has 2 aromatic carbocycles. The standard InChI is InChI=1S/C20H18ClN5O2/c1-13(27)25-17-3-2-4-18(9-17)26-20-23-11-15(12-24-20)19(28)22-10-14-5-7-16(21)8-6-14/h2-9,11-12H,10H2,1H3,(H,22,28)(H,25,27)(H,23,24,26). The average molecular weight is 396 g/mol. The predicted molar refractivity (Wildman–Crippen MR) is 109 cm³/mol. The molecule has 0 aliphatic heterocycles. The molecule has 2 amide bonds. The van der Waals surface area contributed by atoms with Crippen molar-refractivity contribution < 1.29 is 9.59 Å². The van der Waals surface area contributed by atoms with E-state index in [4.69, 9.17) is 11.6 Å². The predicted octanol–water partition coefficient (Wildman–Crippen LogP) is 3.76. The number of rotatable bonds is 6. The number of nitrogens with zero attached hydrogens (tertiary/aromatic N) is 2. The van der Waals surface area contributed by atoms with Crippen LogP contribution in [0.25, 0.3) is 0 Å². The minimum Gasteiger partial charge on any atom is -0.348 e. The quantitative estimate of drug-likeness (QED) is 0.590. The van der Waals surface area contributed by atoms with Gasteiger partial charge in [-0.3, -0.25) is 9.59 Å². The molecule has 0 aliphatic rings. The third kappa shape index (κ3) is 5.52. The number of hydrogen-bond acceptors (Lipinski definition) is 5. The highest BCUT2D eigenvalue weighted by Gasteiger charge is 2.08. The van der Waals surface area contributed by atoms with Crippen LogP contribution in [-0.4, -0.2) is 21.8 Å². The first kappa shape index (κ1) is 19.3. The van der Waals surface area contributed by atoms with Crippen LogP contribution in [0, 0.1) is 0 Å². The second-order valence-corrected chi connectivity index (χ2v) is 6.43. The van der Waals surface area contributed by atoms with Crippen LogP contribution in [0.4, 0.5) is 17.3 Å². The molecule has 8 heteroatoms. The van der Waals surface area contributed by atoms with Crippen molar-refractivity contribution in [3.63, 3.8) is 0 Å². The fourth-order valence-corrected chi connectivity index (χ4v) is 2.53. The molecule has 0 saturated carbocycles. The molecule has 0 bridgehead atoms. The van der Waals surface area contributed by atoms with Crippen molar-refractivity contribution in [3.05, 3.63) is 77.1 Å². The van der Waals surface area contributed by atoms with Crippen LogP contribution in [0.1, 0.15) is 22.8 Å². The number of hydrogen-bond donors (Lipinski definition) is 3. The number of nitrogens with one attached hydrogen (secondary N) is 3. The van der Waals surface area contributed by atoms with Crippen LogP contribution in [-0.2, 0) is 11.3 Å². The van der Waals surface area contributed by atoms with Crippen molar-refractivity contribution in [2.75, 3.05) is 10.6 Å². The number of aromatic nitrogens is 2. The maximum absolute atomic E-state index is 12.2. The number of carbonyl (C=O) groups excluding carboxylic acids is 2. The van der Waals surface area contributed by atoms with Crippen LogP contribution in [0.2, 0.25) is 5.02 Å². The van der Waals surface area contributed by atoms with E-state index in [0.717, 1.165) is 5.56 Å². The van der Waals surface area contributed by atoms with Crippen LogP contribution < -0.4 is 16.0 Å². The number of benzene rings is 2. The molecule has 3 N–H and O–H groups in total. The molecule has 0 aliphatic carbocycles. The van der Waals surface area contributed by atoms with Gasteiger partial charge in [0.15, 0.2) is 0 Å². The first-order chi connectivity index (χ1) is 13.5. The first-order valence-electron chi connectivity index (χ1n) is 8.49. The maximum atomic E-state index is 12.2. The topological polar surface area (TPSA) is 96.0 Å². The minimum absolute atomic E-state index is 0.151. The van der Waals surface area contributed by atoms with Gasteiger partial charge in [0, 0.05) is 42.3 Å². The van der Waals surface area contributed by atoms with E-state index in [-0.39, 0.29) is 11.8 Å². The van der Waals surface area contributed by atoms with E-state index in [9.17, 15) is 9.59 Å². The highest BCUT2D eigenvalue weighted by Crippen LogP contribution is 2.18. The van der Waals surface area contributed by atoms with Gasteiger partial charge in [-0.25, -0.2) is 9.97 Å². The molecule has 0 radical (unpaired) electrons. The van der Waals surface area contributed by atoms with E-state index < -0.39 is 0 Å². The fourth-order valence-electron chi connectivity index (χ4n) is 2.40. The van der Waals surface area contributed by atoms with E-state index in [2.05, 4.69) is 25.9 Å². The van der Waals surface area contributed by atoms with E-state index in [1.807, 2.05) is 18.2 Å². The van der Waals surface area contributed by atoms with Crippen molar-refractivity contribution in [2.45, 2.75) is 13.5 Å². The summed E-state index contributed by atoms with van der Waals surface area (Å²) in [5.41, 5.74) is 2.67. The van der Waals surface area contributed by atoms with Gasteiger partial charge >= 0.3 is 0 Å². The zero-order chi connectivity index (χ0) is 19.9. The summed E-state index contributed by atoms with van der Waals surface area (Å²) in [6, 6.07) is 14.4. The average Bonchev–Trinajstić information content (AvgIpc) is 2.68. The number of halogens is 1. The summed E-state index contributed by atoms with van der Waals surface area (Å²) in [5, 5.41) is 9.19. The molecule has 7 nitrogen and oxygen atoms in total. The summed E-state index contributed by atoms with van der Waals surface area (Å²) < 4.78 is 0. The van der Waals surface area contributed by atoms with Gasteiger partial charge in [0.1, 0.15) is 0 Å². The summed E-state index contributed by atoms with van der Waals surface area (Å²) in [6.45, 7) is 1.83. The normalized spacial score (nSPS) is 10.2. The highest BCUT2D eigenvalue weighted by atomic mass is 35.5. The lowest BCUT2D eigenvalue weighted by Gasteiger charge is -2.08.